The first-order valence-corrected chi connectivity index (χ1v) is 9.89. The van der Waals surface area contributed by atoms with Gasteiger partial charge in [0.2, 0.25) is 0 Å². The second kappa shape index (κ2) is 14.8. The van der Waals surface area contributed by atoms with E-state index in [2.05, 4.69) is 50.6 Å². The fraction of sp³-hybridized carbons (Fsp3) is 0.947. The second-order valence-corrected chi connectivity index (χ2v) is 6.55. The number of rotatable bonds is 14. The van der Waals surface area contributed by atoms with Crippen molar-refractivity contribution >= 4 is 6.03 Å². The Morgan fingerprint density at radius 2 is 1.52 bits per heavy atom. The molecule has 23 heavy (non-hydrogen) atoms. The van der Waals surface area contributed by atoms with Crippen molar-refractivity contribution in [1.29, 1.82) is 0 Å². The monoisotopic (exact) mass is 327 g/mol. The van der Waals surface area contributed by atoms with Gasteiger partial charge in [0.05, 0.1) is 0 Å². The van der Waals surface area contributed by atoms with Gasteiger partial charge in [0.25, 0.3) is 0 Å². The normalized spacial score (nSPS) is 15.0. The van der Waals surface area contributed by atoms with Crippen LogP contribution in [0.3, 0.4) is 0 Å². The molecule has 0 bridgehead atoms. The van der Waals surface area contributed by atoms with Gasteiger partial charge in [-0.05, 0) is 31.2 Å². The van der Waals surface area contributed by atoms with Crippen LogP contribution in [0.15, 0.2) is 0 Å². The molecule has 0 radical (unpaired) electrons. The van der Waals surface area contributed by atoms with E-state index in [1.54, 1.807) is 0 Å². The third-order valence-electron chi connectivity index (χ3n) is 4.77. The molecule has 4 nitrogen and oxygen atoms in total. The summed E-state index contributed by atoms with van der Waals surface area (Å²) in [5.74, 6) is 1.19. The van der Waals surface area contributed by atoms with Gasteiger partial charge in [-0.2, -0.15) is 0 Å². The van der Waals surface area contributed by atoms with E-state index in [0.29, 0.717) is 17.9 Å². The molecule has 0 aromatic rings. The first kappa shape index (κ1) is 22.2. The summed E-state index contributed by atoms with van der Waals surface area (Å²) >= 11 is 0. The first-order valence-electron chi connectivity index (χ1n) is 9.89. The highest BCUT2D eigenvalue weighted by molar-refractivity contribution is 5.73. The molecular formula is C19H41N3O. The molecule has 0 fully saturated rings. The lowest BCUT2D eigenvalue weighted by molar-refractivity contribution is 0.216. The third kappa shape index (κ3) is 9.85. The molecule has 0 rings (SSSR count). The van der Waals surface area contributed by atoms with E-state index < -0.39 is 0 Å². The summed E-state index contributed by atoms with van der Waals surface area (Å²) in [6.45, 7) is 13.6. The number of urea groups is 1. The van der Waals surface area contributed by atoms with E-state index in [4.69, 9.17) is 0 Å². The van der Waals surface area contributed by atoms with Crippen LogP contribution in [0.5, 0.6) is 0 Å². The quantitative estimate of drug-likeness (QED) is 0.416. The van der Waals surface area contributed by atoms with E-state index in [9.17, 15) is 4.79 Å². The Labute approximate surface area is 144 Å². The number of nitrogens with one attached hydrogen (secondary N) is 3. The highest BCUT2D eigenvalue weighted by Crippen LogP contribution is 2.24. The van der Waals surface area contributed by atoms with Crippen LogP contribution in [0.4, 0.5) is 4.79 Å². The Kier molecular flexibility index (Phi) is 14.3. The van der Waals surface area contributed by atoms with Crippen LogP contribution in [0.25, 0.3) is 0 Å². The fourth-order valence-corrected chi connectivity index (χ4v) is 3.25. The summed E-state index contributed by atoms with van der Waals surface area (Å²) in [4.78, 5) is 11.9. The van der Waals surface area contributed by atoms with Crippen molar-refractivity contribution in [3.63, 3.8) is 0 Å². The van der Waals surface area contributed by atoms with Crippen molar-refractivity contribution < 1.29 is 4.79 Å². The van der Waals surface area contributed by atoms with Gasteiger partial charge in [-0.25, -0.2) is 4.79 Å². The van der Waals surface area contributed by atoms with Crippen molar-refractivity contribution in [1.82, 2.24) is 16.0 Å². The second-order valence-electron chi connectivity index (χ2n) is 6.55. The minimum Gasteiger partial charge on any atom is -0.338 e. The highest BCUT2D eigenvalue weighted by Gasteiger charge is 2.26. The summed E-state index contributed by atoms with van der Waals surface area (Å²) in [6, 6.07) is 0.478. The Hall–Kier alpha value is -0.770. The molecule has 0 aliphatic rings. The number of carbonyl (C=O) groups is 1. The van der Waals surface area contributed by atoms with Crippen LogP contribution in [0.2, 0.25) is 0 Å². The summed E-state index contributed by atoms with van der Waals surface area (Å²) in [7, 11) is 0. The van der Waals surface area contributed by atoms with E-state index >= 15 is 0 Å². The molecule has 0 aromatic heterocycles. The predicted molar refractivity (Wildman–Crippen MR) is 101 cm³/mol. The maximum Gasteiger partial charge on any atom is 0.314 e. The molecule has 2 amide bonds. The lowest BCUT2D eigenvalue weighted by Crippen LogP contribution is -2.48. The number of amides is 2. The number of hydrogen-bond acceptors (Lipinski definition) is 2. The molecule has 0 heterocycles. The number of carbonyl (C=O) groups excluding carboxylic acids is 1. The zero-order valence-corrected chi connectivity index (χ0v) is 16.2. The zero-order chi connectivity index (χ0) is 17.5. The van der Waals surface area contributed by atoms with Crippen molar-refractivity contribution in [2.24, 2.45) is 11.8 Å². The van der Waals surface area contributed by atoms with Crippen LogP contribution in [0.1, 0.15) is 79.6 Å². The summed E-state index contributed by atoms with van der Waals surface area (Å²) < 4.78 is 0. The molecular weight excluding hydrogens is 286 g/mol. The fourth-order valence-electron chi connectivity index (χ4n) is 3.25. The molecule has 0 aliphatic heterocycles. The van der Waals surface area contributed by atoms with Crippen LogP contribution >= 0.6 is 0 Å². The predicted octanol–water partition coefficient (Wildman–Crippen LogP) is 4.31. The van der Waals surface area contributed by atoms with Gasteiger partial charge in [0.15, 0.2) is 0 Å². The largest absolute Gasteiger partial charge is 0.338 e. The van der Waals surface area contributed by atoms with Gasteiger partial charge in [-0.15, -0.1) is 0 Å². The number of unbranched alkanes of at least 4 members (excludes halogenated alkanes) is 2. The SMILES string of the molecule is CCCCNC(=O)NCC(CC)C(NCC)C(CC)CCCC. The van der Waals surface area contributed by atoms with Crippen molar-refractivity contribution in [2.45, 2.75) is 85.6 Å². The Balaban J connectivity index is 4.53. The average Bonchev–Trinajstić information content (AvgIpc) is 2.56. The van der Waals surface area contributed by atoms with E-state index in [0.717, 1.165) is 38.9 Å². The van der Waals surface area contributed by atoms with Crippen LogP contribution in [-0.2, 0) is 0 Å². The zero-order valence-electron chi connectivity index (χ0n) is 16.2. The van der Waals surface area contributed by atoms with Gasteiger partial charge < -0.3 is 16.0 Å². The van der Waals surface area contributed by atoms with Crippen molar-refractivity contribution in [3.05, 3.63) is 0 Å². The molecule has 4 heteroatoms. The lowest BCUT2D eigenvalue weighted by Gasteiger charge is -2.34. The van der Waals surface area contributed by atoms with Crippen molar-refractivity contribution in [2.75, 3.05) is 19.6 Å². The summed E-state index contributed by atoms with van der Waals surface area (Å²) in [6.07, 6.45) is 8.28. The molecule has 3 atom stereocenters. The van der Waals surface area contributed by atoms with Gasteiger partial charge in [-0.1, -0.05) is 66.7 Å². The highest BCUT2D eigenvalue weighted by atomic mass is 16.2. The standard InChI is InChI=1S/C19H41N3O/c1-6-11-13-16(8-3)18(20-10-5)17(9-4)15-22-19(23)21-14-12-7-2/h16-18,20H,6-15H2,1-5H3,(H2,21,22,23). The number of hydrogen-bond donors (Lipinski definition) is 3. The van der Waals surface area contributed by atoms with Crippen LogP contribution in [-0.4, -0.2) is 31.7 Å². The Bertz CT molecular complexity index is 284. The third-order valence-corrected chi connectivity index (χ3v) is 4.77. The molecule has 0 spiro atoms. The van der Waals surface area contributed by atoms with Gasteiger partial charge >= 0.3 is 6.03 Å². The van der Waals surface area contributed by atoms with Gasteiger partial charge in [0, 0.05) is 19.1 Å². The first-order chi connectivity index (χ1) is 11.1. The molecule has 0 aliphatic carbocycles. The van der Waals surface area contributed by atoms with E-state index in [1.165, 1.54) is 25.7 Å². The van der Waals surface area contributed by atoms with Crippen LogP contribution < -0.4 is 16.0 Å². The molecule has 138 valence electrons. The lowest BCUT2D eigenvalue weighted by atomic mass is 9.82. The Morgan fingerprint density at radius 1 is 0.870 bits per heavy atom. The molecule has 3 N–H and O–H groups in total. The maximum absolute atomic E-state index is 11.9. The van der Waals surface area contributed by atoms with Crippen molar-refractivity contribution in [3.8, 4) is 0 Å². The topological polar surface area (TPSA) is 53.2 Å². The van der Waals surface area contributed by atoms with E-state index in [1.807, 2.05) is 0 Å². The molecule has 0 saturated carbocycles. The van der Waals surface area contributed by atoms with Crippen LogP contribution in [0, 0.1) is 11.8 Å². The maximum atomic E-state index is 11.9. The minimum atomic E-state index is -0.0197. The molecule has 3 unspecified atom stereocenters. The molecule has 0 aromatic carbocycles. The van der Waals surface area contributed by atoms with E-state index in [-0.39, 0.29) is 6.03 Å². The average molecular weight is 328 g/mol. The summed E-state index contributed by atoms with van der Waals surface area (Å²) in [5, 5.41) is 9.72. The van der Waals surface area contributed by atoms with Gasteiger partial charge in [-0.3, -0.25) is 0 Å². The molecule has 0 saturated heterocycles. The summed E-state index contributed by atoms with van der Waals surface area (Å²) in [5.41, 5.74) is 0. The minimum absolute atomic E-state index is 0.0197. The van der Waals surface area contributed by atoms with Gasteiger partial charge in [0.1, 0.15) is 0 Å². The smallest absolute Gasteiger partial charge is 0.314 e. The Morgan fingerprint density at radius 3 is 2.04 bits per heavy atom.